The number of anilines is 1. The topological polar surface area (TPSA) is 98.7 Å². The van der Waals surface area contributed by atoms with Gasteiger partial charge in [-0.1, -0.05) is 11.8 Å². The number of rotatable bonds is 5. The Labute approximate surface area is 145 Å². The third kappa shape index (κ3) is 3.71. The summed E-state index contributed by atoms with van der Waals surface area (Å²) in [5.74, 6) is 5.92. The number of nitrogen functional groups attached to an aromatic ring is 1. The van der Waals surface area contributed by atoms with Crippen molar-refractivity contribution in [3.8, 4) is 11.4 Å². The van der Waals surface area contributed by atoms with E-state index in [2.05, 4.69) is 20.5 Å². The molecule has 24 heavy (non-hydrogen) atoms. The maximum Gasteiger partial charge on any atom is 0.236 e. The normalized spacial score (nSPS) is 10.8. The molecule has 3 rings (SSSR count). The van der Waals surface area contributed by atoms with Crippen molar-refractivity contribution in [2.75, 3.05) is 16.9 Å². The molecule has 2 aromatic heterocycles. The van der Waals surface area contributed by atoms with E-state index in [4.69, 9.17) is 5.84 Å². The van der Waals surface area contributed by atoms with Gasteiger partial charge in [-0.3, -0.25) is 4.79 Å². The molecule has 0 spiro atoms. The summed E-state index contributed by atoms with van der Waals surface area (Å²) in [6.45, 7) is 1.86. The lowest BCUT2D eigenvalue weighted by Gasteiger charge is -2.04. The molecule has 0 unspecified atom stereocenters. The van der Waals surface area contributed by atoms with E-state index in [1.807, 2.05) is 12.3 Å². The van der Waals surface area contributed by atoms with Crippen LogP contribution in [0.1, 0.15) is 5.69 Å². The second-order valence-electron chi connectivity index (χ2n) is 4.81. The molecule has 0 saturated heterocycles. The van der Waals surface area contributed by atoms with E-state index in [0.29, 0.717) is 21.7 Å². The molecular weight excluding hydrogens is 351 g/mol. The molecule has 3 N–H and O–H groups in total. The van der Waals surface area contributed by atoms with Gasteiger partial charge in [0, 0.05) is 10.9 Å². The second kappa shape index (κ2) is 6.97. The number of hydrogen-bond donors (Lipinski definition) is 2. The van der Waals surface area contributed by atoms with Gasteiger partial charge in [-0.25, -0.2) is 14.1 Å². The molecule has 0 fully saturated rings. The van der Waals surface area contributed by atoms with Crippen LogP contribution in [-0.4, -0.2) is 31.5 Å². The minimum absolute atomic E-state index is 0.122. The van der Waals surface area contributed by atoms with Crippen LogP contribution < -0.4 is 11.2 Å². The number of thioether (sulfide) groups is 1. The number of carbonyl (C=O) groups is 1. The number of aryl methyl sites for hydroxylation is 1. The van der Waals surface area contributed by atoms with Crippen molar-refractivity contribution in [2.24, 2.45) is 0 Å². The van der Waals surface area contributed by atoms with E-state index >= 15 is 0 Å². The summed E-state index contributed by atoms with van der Waals surface area (Å²) in [5, 5.41) is 13.4. The monoisotopic (exact) mass is 364 g/mol. The Balaban J connectivity index is 1.63. The van der Waals surface area contributed by atoms with Crippen molar-refractivity contribution in [3.63, 3.8) is 0 Å². The van der Waals surface area contributed by atoms with Gasteiger partial charge in [0.2, 0.25) is 11.1 Å². The van der Waals surface area contributed by atoms with Crippen LogP contribution in [0.3, 0.4) is 0 Å². The molecule has 0 aliphatic heterocycles. The van der Waals surface area contributed by atoms with Crippen molar-refractivity contribution >= 4 is 34.1 Å². The molecule has 2 heterocycles. The van der Waals surface area contributed by atoms with Gasteiger partial charge in [-0.15, -0.1) is 21.5 Å². The third-order valence-corrected chi connectivity index (χ3v) is 4.78. The van der Waals surface area contributed by atoms with E-state index in [9.17, 15) is 9.18 Å². The zero-order chi connectivity index (χ0) is 17.1. The van der Waals surface area contributed by atoms with Crippen LogP contribution in [0.25, 0.3) is 11.4 Å². The molecule has 0 aliphatic rings. The number of hydrogen-bond acceptors (Lipinski definition) is 7. The number of nitrogens with two attached hydrogens (primary N) is 1. The van der Waals surface area contributed by atoms with E-state index in [0.717, 1.165) is 17.5 Å². The number of amides is 1. The average Bonchev–Trinajstić information content (AvgIpc) is 3.12. The van der Waals surface area contributed by atoms with Gasteiger partial charge in [0.05, 0.1) is 11.4 Å². The predicted octanol–water partition coefficient (Wildman–Crippen LogP) is 2.29. The number of thiazole rings is 1. The highest BCUT2D eigenvalue weighted by molar-refractivity contribution is 7.99. The van der Waals surface area contributed by atoms with E-state index in [1.54, 1.807) is 12.1 Å². The molecule has 10 heteroatoms. The number of nitrogens with one attached hydrogen (secondary N) is 1. The predicted molar refractivity (Wildman–Crippen MR) is 91.8 cm³/mol. The second-order valence-corrected chi connectivity index (χ2v) is 6.61. The van der Waals surface area contributed by atoms with Gasteiger partial charge < -0.3 is 11.2 Å². The molecule has 7 nitrogen and oxygen atoms in total. The summed E-state index contributed by atoms with van der Waals surface area (Å²) in [4.78, 5) is 16.1. The summed E-state index contributed by atoms with van der Waals surface area (Å²) < 4.78 is 14.2. The van der Waals surface area contributed by atoms with Crippen molar-refractivity contribution < 1.29 is 9.18 Å². The Morgan fingerprint density at radius 1 is 1.38 bits per heavy atom. The van der Waals surface area contributed by atoms with Gasteiger partial charge in [0.25, 0.3) is 0 Å². The first-order valence-electron chi connectivity index (χ1n) is 6.84. The maximum atomic E-state index is 13.0. The SMILES string of the molecule is Cc1csc(NC(=O)CSc2nnc(-c3ccc(F)cc3)n2N)n1. The van der Waals surface area contributed by atoms with Crippen LogP contribution in [0, 0.1) is 12.7 Å². The van der Waals surface area contributed by atoms with Crippen LogP contribution in [0.2, 0.25) is 0 Å². The summed E-state index contributed by atoms with van der Waals surface area (Å²) in [6, 6.07) is 5.77. The first-order valence-corrected chi connectivity index (χ1v) is 8.70. The van der Waals surface area contributed by atoms with Crippen molar-refractivity contribution in [1.82, 2.24) is 19.9 Å². The number of halogens is 1. The summed E-state index contributed by atoms with van der Waals surface area (Å²) in [7, 11) is 0. The highest BCUT2D eigenvalue weighted by atomic mass is 32.2. The van der Waals surface area contributed by atoms with Gasteiger partial charge in [0.15, 0.2) is 11.0 Å². The average molecular weight is 364 g/mol. The van der Waals surface area contributed by atoms with Crippen LogP contribution >= 0.6 is 23.1 Å². The molecule has 124 valence electrons. The maximum absolute atomic E-state index is 13.0. The van der Waals surface area contributed by atoms with Crippen molar-refractivity contribution in [2.45, 2.75) is 12.1 Å². The quantitative estimate of drug-likeness (QED) is 0.532. The van der Waals surface area contributed by atoms with Crippen molar-refractivity contribution in [1.29, 1.82) is 0 Å². The minimum Gasteiger partial charge on any atom is -0.335 e. The Morgan fingerprint density at radius 3 is 2.79 bits per heavy atom. The van der Waals surface area contributed by atoms with Gasteiger partial charge in [-0.2, -0.15) is 0 Å². The fourth-order valence-electron chi connectivity index (χ4n) is 1.87. The molecular formula is C14H13FN6OS2. The van der Waals surface area contributed by atoms with Crippen LogP contribution in [-0.2, 0) is 4.79 Å². The Kier molecular flexibility index (Phi) is 4.76. The first-order chi connectivity index (χ1) is 11.5. The molecule has 0 atom stereocenters. The lowest BCUT2D eigenvalue weighted by Crippen LogP contribution is -2.16. The van der Waals surface area contributed by atoms with Gasteiger partial charge in [0.1, 0.15) is 5.82 Å². The summed E-state index contributed by atoms with van der Waals surface area (Å²) in [6.07, 6.45) is 0. The Bertz CT molecular complexity index is 861. The first kappa shape index (κ1) is 16.4. The minimum atomic E-state index is -0.342. The van der Waals surface area contributed by atoms with Crippen LogP contribution in [0.5, 0.6) is 0 Å². The Morgan fingerprint density at radius 2 is 2.12 bits per heavy atom. The standard InChI is InChI=1S/C14H13FN6OS2/c1-8-6-23-13(17-8)18-11(22)7-24-14-20-19-12(21(14)16)9-2-4-10(15)5-3-9/h2-6H,7,16H2,1H3,(H,17,18,22). The molecule has 1 amide bonds. The number of nitrogens with zero attached hydrogens (tertiary/aromatic N) is 4. The lowest BCUT2D eigenvalue weighted by atomic mass is 10.2. The fraction of sp³-hybridized carbons (Fsp3) is 0.143. The molecule has 0 bridgehead atoms. The molecule has 1 aromatic carbocycles. The highest BCUT2D eigenvalue weighted by Gasteiger charge is 2.14. The fourth-order valence-corrected chi connectivity index (χ4v) is 3.23. The number of aromatic nitrogens is 4. The van der Waals surface area contributed by atoms with E-state index in [-0.39, 0.29) is 17.5 Å². The van der Waals surface area contributed by atoms with Crippen LogP contribution in [0.15, 0.2) is 34.8 Å². The third-order valence-electron chi connectivity index (χ3n) is 2.96. The van der Waals surface area contributed by atoms with Gasteiger partial charge >= 0.3 is 0 Å². The summed E-state index contributed by atoms with van der Waals surface area (Å²) in [5.41, 5.74) is 1.49. The molecule has 0 radical (unpaired) electrons. The zero-order valence-electron chi connectivity index (χ0n) is 12.6. The summed E-state index contributed by atoms with van der Waals surface area (Å²) >= 11 is 2.52. The smallest absolute Gasteiger partial charge is 0.236 e. The zero-order valence-corrected chi connectivity index (χ0v) is 14.2. The molecule has 3 aromatic rings. The number of benzene rings is 1. The van der Waals surface area contributed by atoms with E-state index < -0.39 is 0 Å². The van der Waals surface area contributed by atoms with Crippen LogP contribution in [0.4, 0.5) is 9.52 Å². The Hall–Kier alpha value is -2.46. The van der Waals surface area contributed by atoms with Crippen molar-refractivity contribution in [3.05, 3.63) is 41.2 Å². The molecule has 0 saturated carbocycles. The van der Waals surface area contributed by atoms with E-state index in [1.165, 1.54) is 28.1 Å². The highest BCUT2D eigenvalue weighted by Crippen LogP contribution is 2.22. The lowest BCUT2D eigenvalue weighted by molar-refractivity contribution is -0.113. The van der Waals surface area contributed by atoms with Gasteiger partial charge in [-0.05, 0) is 31.2 Å². The largest absolute Gasteiger partial charge is 0.335 e. The molecule has 0 aliphatic carbocycles. The number of carbonyl (C=O) groups excluding carboxylic acids is 1.